The van der Waals surface area contributed by atoms with Gasteiger partial charge in [0.25, 0.3) is 0 Å². The molecule has 0 radical (unpaired) electrons. The van der Waals surface area contributed by atoms with E-state index in [1.807, 2.05) is 6.92 Å². The summed E-state index contributed by atoms with van der Waals surface area (Å²) in [6.45, 7) is 2.66. The zero-order chi connectivity index (χ0) is 17.3. The van der Waals surface area contributed by atoms with Gasteiger partial charge in [-0.1, -0.05) is 6.92 Å². The van der Waals surface area contributed by atoms with Crippen LogP contribution in [0.1, 0.15) is 25.4 Å². The smallest absolute Gasteiger partial charge is 0.303 e. The highest BCUT2D eigenvalue weighted by Crippen LogP contribution is 2.26. The van der Waals surface area contributed by atoms with Crippen LogP contribution in [0.2, 0.25) is 0 Å². The average Bonchev–Trinajstić information content (AvgIpc) is 2.92. The first-order valence-electron chi connectivity index (χ1n) is 7.23. The van der Waals surface area contributed by atoms with Crippen molar-refractivity contribution in [3.8, 4) is 5.82 Å². The zero-order valence-corrected chi connectivity index (χ0v) is 13.0. The Kier molecular flexibility index (Phi) is 3.92. The van der Waals surface area contributed by atoms with E-state index in [1.54, 1.807) is 12.3 Å². The molecule has 0 aliphatic carbocycles. The molecule has 0 saturated heterocycles. The number of nitrogens with one attached hydrogen (secondary N) is 1. The molecule has 0 aromatic carbocycles. The maximum Gasteiger partial charge on any atom is 0.303 e. The van der Waals surface area contributed by atoms with Crippen LogP contribution < -0.4 is 5.32 Å². The second kappa shape index (κ2) is 5.91. The zero-order valence-electron chi connectivity index (χ0n) is 13.0. The van der Waals surface area contributed by atoms with E-state index >= 15 is 0 Å². The van der Waals surface area contributed by atoms with Crippen molar-refractivity contribution in [3.63, 3.8) is 0 Å². The molecule has 1 amide bonds. The molecule has 0 saturated carbocycles. The Morgan fingerprint density at radius 2 is 2.17 bits per heavy atom. The number of hydrogen-bond acceptors (Lipinski definition) is 5. The molecule has 0 spiro atoms. The van der Waals surface area contributed by atoms with Gasteiger partial charge in [0.05, 0.1) is 11.2 Å². The van der Waals surface area contributed by atoms with Gasteiger partial charge in [0.1, 0.15) is 5.82 Å². The van der Waals surface area contributed by atoms with E-state index in [9.17, 15) is 13.6 Å². The molecule has 1 N–H and O–H groups in total. The topological polar surface area (TPSA) is 85.6 Å². The van der Waals surface area contributed by atoms with E-state index in [1.165, 1.54) is 16.9 Å². The lowest BCUT2D eigenvalue weighted by Crippen LogP contribution is -2.14. The third-order valence-electron chi connectivity index (χ3n) is 3.43. The van der Waals surface area contributed by atoms with Gasteiger partial charge in [0, 0.05) is 36.8 Å². The average molecular weight is 332 g/mol. The third-order valence-corrected chi connectivity index (χ3v) is 3.43. The van der Waals surface area contributed by atoms with Crippen LogP contribution >= 0.6 is 0 Å². The number of aromatic nitrogens is 5. The Labute approximate surface area is 135 Å². The first-order valence-corrected chi connectivity index (χ1v) is 7.23. The van der Waals surface area contributed by atoms with E-state index in [-0.39, 0.29) is 5.82 Å². The summed E-state index contributed by atoms with van der Waals surface area (Å²) in [5, 5.41) is 7.65. The Morgan fingerprint density at radius 3 is 2.83 bits per heavy atom. The Bertz CT molecular complexity index is 903. The first-order chi connectivity index (χ1) is 11.4. The second-order valence-corrected chi connectivity index (χ2v) is 5.19. The monoisotopic (exact) mass is 332 g/mol. The predicted octanol–water partition coefficient (Wildman–Crippen LogP) is 2.45. The first kappa shape index (κ1) is 15.9. The molecular formula is C15H14F2N6O. The standard InChI is InChI=1S/C15H14F2N6O/c1-3-10-9-7-19-12(20-8-24)6-11(9)23(22-10)13-4-5-18-14(21-13)15(2,16)17/h4-8H,3H2,1-2H3,(H,19,20,24). The Morgan fingerprint density at radius 1 is 1.38 bits per heavy atom. The van der Waals surface area contributed by atoms with E-state index < -0.39 is 11.7 Å². The van der Waals surface area contributed by atoms with Crippen LogP contribution in [-0.2, 0) is 17.1 Å². The maximum absolute atomic E-state index is 13.5. The van der Waals surface area contributed by atoms with Gasteiger partial charge < -0.3 is 5.32 Å². The molecular weight excluding hydrogens is 318 g/mol. The molecule has 0 bridgehead atoms. The fourth-order valence-electron chi connectivity index (χ4n) is 2.32. The number of carbonyl (C=O) groups is 1. The lowest BCUT2D eigenvalue weighted by atomic mass is 10.2. The lowest BCUT2D eigenvalue weighted by molar-refractivity contribution is -0.105. The van der Waals surface area contributed by atoms with Crippen LogP contribution in [-0.4, -0.2) is 31.1 Å². The predicted molar refractivity (Wildman–Crippen MR) is 83.1 cm³/mol. The van der Waals surface area contributed by atoms with Gasteiger partial charge in [0.2, 0.25) is 12.2 Å². The third kappa shape index (κ3) is 2.80. The number of alkyl halides is 2. The SMILES string of the molecule is CCc1nn(-c2ccnc(C(C)(F)F)n2)c2cc(NC=O)ncc12. The largest absolute Gasteiger partial charge is 0.313 e. The van der Waals surface area contributed by atoms with Crippen molar-refractivity contribution in [2.75, 3.05) is 5.32 Å². The van der Waals surface area contributed by atoms with Gasteiger partial charge in [-0.05, 0) is 6.42 Å². The summed E-state index contributed by atoms with van der Waals surface area (Å²) in [5.41, 5.74) is 1.36. The van der Waals surface area contributed by atoms with Crippen molar-refractivity contribution in [1.82, 2.24) is 24.7 Å². The van der Waals surface area contributed by atoms with Gasteiger partial charge in [-0.3, -0.25) is 4.79 Å². The highest BCUT2D eigenvalue weighted by Gasteiger charge is 2.28. The molecule has 9 heteroatoms. The fourth-order valence-corrected chi connectivity index (χ4v) is 2.32. The van der Waals surface area contributed by atoms with E-state index in [0.29, 0.717) is 24.2 Å². The van der Waals surface area contributed by atoms with Crippen LogP contribution in [0.25, 0.3) is 16.7 Å². The Balaban J connectivity index is 2.21. The minimum Gasteiger partial charge on any atom is -0.313 e. The van der Waals surface area contributed by atoms with Gasteiger partial charge in [0.15, 0.2) is 5.82 Å². The molecule has 0 atom stereocenters. The Hall–Kier alpha value is -2.97. The van der Waals surface area contributed by atoms with Crippen LogP contribution in [0.15, 0.2) is 24.5 Å². The van der Waals surface area contributed by atoms with Gasteiger partial charge in [-0.15, -0.1) is 0 Å². The van der Waals surface area contributed by atoms with Crippen molar-refractivity contribution >= 4 is 23.1 Å². The van der Waals surface area contributed by atoms with Crippen molar-refractivity contribution in [1.29, 1.82) is 0 Å². The number of carbonyl (C=O) groups excluding carboxylic acids is 1. The van der Waals surface area contributed by atoms with Crippen molar-refractivity contribution in [3.05, 3.63) is 36.0 Å². The molecule has 7 nitrogen and oxygen atoms in total. The summed E-state index contributed by atoms with van der Waals surface area (Å²) in [7, 11) is 0. The number of nitrogens with zero attached hydrogens (tertiary/aromatic N) is 5. The number of pyridine rings is 1. The highest BCUT2D eigenvalue weighted by atomic mass is 19.3. The molecule has 3 aromatic heterocycles. The van der Waals surface area contributed by atoms with Crippen LogP contribution in [0.4, 0.5) is 14.6 Å². The van der Waals surface area contributed by atoms with Crippen LogP contribution in [0.3, 0.4) is 0 Å². The molecule has 24 heavy (non-hydrogen) atoms. The summed E-state index contributed by atoms with van der Waals surface area (Å²) in [4.78, 5) is 22.3. The normalized spacial score (nSPS) is 11.7. The fraction of sp³-hybridized carbons (Fsp3) is 0.267. The molecule has 0 aliphatic rings. The number of halogens is 2. The van der Waals surface area contributed by atoms with Crippen molar-refractivity contribution in [2.45, 2.75) is 26.2 Å². The molecule has 0 fully saturated rings. The molecule has 0 unspecified atom stereocenters. The highest BCUT2D eigenvalue weighted by molar-refractivity contribution is 5.86. The summed E-state index contributed by atoms with van der Waals surface area (Å²) in [6.07, 6.45) is 3.99. The molecule has 3 rings (SSSR count). The van der Waals surface area contributed by atoms with Crippen molar-refractivity contribution < 1.29 is 13.6 Å². The number of amides is 1. The molecule has 124 valence electrons. The number of aryl methyl sites for hydroxylation is 1. The minimum atomic E-state index is -3.15. The quantitative estimate of drug-likeness (QED) is 0.725. The maximum atomic E-state index is 13.5. The van der Waals surface area contributed by atoms with Crippen LogP contribution in [0.5, 0.6) is 0 Å². The summed E-state index contributed by atoms with van der Waals surface area (Å²) in [6, 6.07) is 3.11. The molecule has 3 aromatic rings. The second-order valence-electron chi connectivity index (χ2n) is 5.19. The van der Waals surface area contributed by atoms with Gasteiger partial charge in [-0.2, -0.15) is 13.9 Å². The van der Waals surface area contributed by atoms with E-state index in [2.05, 4.69) is 25.4 Å². The minimum absolute atomic E-state index is 0.217. The van der Waals surface area contributed by atoms with Crippen LogP contribution in [0, 0.1) is 0 Å². The summed E-state index contributed by atoms with van der Waals surface area (Å²) < 4.78 is 28.4. The van der Waals surface area contributed by atoms with E-state index in [0.717, 1.165) is 18.0 Å². The number of hydrogen-bond donors (Lipinski definition) is 1. The lowest BCUT2D eigenvalue weighted by Gasteiger charge is -2.10. The van der Waals surface area contributed by atoms with Gasteiger partial charge >= 0.3 is 5.92 Å². The number of rotatable bonds is 5. The van der Waals surface area contributed by atoms with E-state index in [4.69, 9.17) is 0 Å². The molecule has 0 aliphatic heterocycles. The van der Waals surface area contributed by atoms with Gasteiger partial charge in [-0.25, -0.2) is 19.6 Å². The molecule has 3 heterocycles. The number of fused-ring (bicyclic) bond motifs is 1. The number of anilines is 1. The van der Waals surface area contributed by atoms with Crippen molar-refractivity contribution in [2.24, 2.45) is 0 Å². The summed E-state index contributed by atoms with van der Waals surface area (Å²) >= 11 is 0. The summed E-state index contributed by atoms with van der Waals surface area (Å²) in [5.74, 6) is -3.19.